The third-order valence-electron chi connectivity index (χ3n) is 4.39. The Bertz CT molecular complexity index is 822. The van der Waals surface area contributed by atoms with Crippen LogP contribution in [0.1, 0.15) is 43.1 Å². The third-order valence-corrected chi connectivity index (χ3v) is 5.28. The zero-order valence-electron chi connectivity index (χ0n) is 13.0. The molecule has 0 bridgehead atoms. The third kappa shape index (κ3) is 2.69. The molecule has 0 N–H and O–H groups in total. The predicted octanol–water partition coefficient (Wildman–Crippen LogP) is 1.75. The van der Waals surface area contributed by atoms with Gasteiger partial charge in [-0.3, -0.25) is 19.1 Å². The highest BCUT2D eigenvalue weighted by molar-refractivity contribution is 7.14. The molecule has 1 amide bonds. The number of carbonyl (C=O) groups is 1. The number of fused-ring (bicyclic) bond motifs is 1. The maximum atomic E-state index is 12.5. The molecule has 0 atom stereocenters. The molecule has 0 radical (unpaired) electrons. The average molecular weight is 330 g/mol. The fraction of sp³-hybridized carbons (Fsp3) is 0.500. The van der Waals surface area contributed by atoms with Crippen molar-refractivity contribution in [3.8, 4) is 0 Å². The number of aromatic nitrogens is 3. The Morgan fingerprint density at radius 3 is 3.00 bits per heavy atom. The number of hydrogen-bond donors (Lipinski definition) is 0. The summed E-state index contributed by atoms with van der Waals surface area (Å²) in [6.07, 6.45) is 6.45. The molecule has 23 heavy (non-hydrogen) atoms. The molecule has 0 aliphatic heterocycles. The fourth-order valence-corrected chi connectivity index (χ4v) is 4.04. The largest absolute Gasteiger partial charge is 0.293 e. The molecule has 2 aliphatic rings. The number of aryl methyl sites for hydroxylation is 1. The van der Waals surface area contributed by atoms with Gasteiger partial charge in [-0.2, -0.15) is 0 Å². The highest BCUT2D eigenvalue weighted by atomic mass is 32.1. The van der Waals surface area contributed by atoms with Crippen LogP contribution in [0.3, 0.4) is 0 Å². The summed E-state index contributed by atoms with van der Waals surface area (Å²) in [6, 6.07) is 0.302. The Morgan fingerprint density at radius 1 is 1.43 bits per heavy atom. The molecule has 0 spiro atoms. The van der Waals surface area contributed by atoms with Gasteiger partial charge in [0.1, 0.15) is 0 Å². The van der Waals surface area contributed by atoms with E-state index in [-0.39, 0.29) is 11.5 Å². The van der Waals surface area contributed by atoms with Crippen LogP contribution in [0.5, 0.6) is 0 Å². The SMILES string of the molecule is CC(=O)N(c1nc(Cn2cnc3c(c2=O)CCC3)cs1)C1CC1. The Labute approximate surface area is 137 Å². The van der Waals surface area contributed by atoms with Crippen LogP contribution < -0.4 is 10.5 Å². The summed E-state index contributed by atoms with van der Waals surface area (Å²) in [4.78, 5) is 35.0. The summed E-state index contributed by atoms with van der Waals surface area (Å²) in [5.74, 6) is 0.0322. The summed E-state index contributed by atoms with van der Waals surface area (Å²) >= 11 is 1.46. The van der Waals surface area contributed by atoms with Crippen LogP contribution in [0.2, 0.25) is 0 Å². The lowest BCUT2D eigenvalue weighted by molar-refractivity contribution is -0.116. The molecule has 2 aliphatic carbocycles. The molecule has 1 fully saturated rings. The van der Waals surface area contributed by atoms with Crippen molar-refractivity contribution < 1.29 is 4.79 Å². The first-order valence-electron chi connectivity index (χ1n) is 7.95. The van der Waals surface area contributed by atoms with E-state index in [1.807, 2.05) is 5.38 Å². The van der Waals surface area contributed by atoms with Crippen molar-refractivity contribution in [3.05, 3.63) is 39.0 Å². The number of rotatable bonds is 4. The molecule has 2 aromatic rings. The van der Waals surface area contributed by atoms with Gasteiger partial charge in [-0.25, -0.2) is 9.97 Å². The van der Waals surface area contributed by atoms with Crippen molar-refractivity contribution in [2.45, 2.75) is 51.6 Å². The van der Waals surface area contributed by atoms with Crippen molar-refractivity contribution in [2.24, 2.45) is 0 Å². The number of nitrogens with zero attached hydrogens (tertiary/aromatic N) is 4. The van der Waals surface area contributed by atoms with E-state index < -0.39 is 0 Å². The maximum absolute atomic E-state index is 12.5. The predicted molar refractivity (Wildman–Crippen MR) is 87.9 cm³/mol. The molecule has 0 saturated heterocycles. The minimum Gasteiger partial charge on any atom is -0.293 e. The van der Waals surface area contributed by atoms with Crippen molar-refractivity contribution in [1.82, 2.24) is 14.5 Å². The van der Waals surface area contributed by atoms with Gasteiger partial charge in [-0.05, 0) is 32.1 Å². The van der Waals surface area contributed by atoms with E-state index in [1.54, 1.807) is 22.7 Å². The molecular formula is C16H18N4O2S. The lowest BCUT2D eigenvalue weighted by Gasteiger charge is -2.16. The van der Waals surface area contributed by atoms with Crippen molar-refractivity contribution in [2.75, 3.05) is 4.90 Å². The second kappa shape index (κ2) is 5.56. The molecule has 6 nitrogen and oxygen atoms in total. The Hall–Kier alpha value is -2.02. The Balaban J connectivity index is 1.59. The van der Waals surface area contributed by atoms with Gasteiger partial charge in [0.2, 0.25) is 5.91 Å². The van der Waals surface area contributed by atoms with Crippen LogP contribution in [0, 0.1) is 0 Å². The van der Waals surface area contributed by atoms with Crippen LogP contribution in [0.15, 0.2) is 16.5 Å². The maximum Gasteiger partial charge on any atom is 0.257 e. The minimum atomic E-state index is 0.0322. The van der Waals surface area contributed by atoms with Crippen molar-refractivity contribution >= 4 is 22.4 Å². The van der Waals surface area contributed by atoms with Gasteiger partial charge in [-0.15, -0.1) is 11.3 Å². The summed E-state index contributed by atoms with van der Waals surface area (Å²) in [5.41, 5.74) is 2.65. The van der Waals surface area contributed by atoms with Gasteiger partial charge in [0.15, 0.2) is 5.13 Å². The van der Waals surface area contributed by atoms with Crippen LogP contribution in [0.4, 0.5) is 5.13 Å². The van der Waals surface area contributed by atoms with Crippen LogP contribution >= 0.6 is 11.3 Å². The molecule has 0 unspecified atom stereocenters. The quantitative estimate of drug-likeness (QED) is 0.856. The van der Waals surface area contributed by atoms with E-state index in [2.05, 4.69) is 9.97 Å². The second-order valence-corrected chi connectivity index (χ2v) is 7.03. The summed E-state index contributed by atoms with van der Waals surface area (Å²) in [6.45, 7) is 1.99. The van der Waals surface area contributed by atoms with E-state index in [4.69, 9.17) is 0 Å². The van der Waals surface area contributed by atoms with E-state index in [0.717, 1.165) is 54.2 Å². The standard InChI is InChI=1S/C16H18N4O2S/c1-10(21)20(12-5-6-12)16-18-11(8-23-16)7-19-9-17-14-4-2-3-13(14)15(19)22/h8-9,12H,2-7H2,1H3. The molecular weight excluding hydrogens is 312 g/mol. The number of hydrogen-bond acceptors (Lipinski definition) is 5. The second-order valence-electron chi connectivity index (χ2n) is 6.20. The summed E-state index contributed by atoms with van der Waals surface area (Å²) in [7, 11) is 0. The van der Waals surface area contributed by atoms with Crippen LogP contribution in [-0.4, -0.2) is 26.5 Å². The van der Waals surface area contributed by atoms with E-state index in [1.165, 1.54) is 11.3 Å². The van der Waals surface area contributed by atoms with Gasteiger partial charge >= 0.3 is 0 Å². The molecule has 0 aromatic carbocycles. The number of anilines is 1. The van der Waals surface area contributed by atoms with Crippen LogP contribution in [-0.2, 0) is 24.2 Å². The Morgan fingerprint density at radius 2 is 2.26 bits per heavy atom. The normalized spacial score (nSPS) is 16.4. The molecule has 2 aromatic heterocycles. The fourth-order valence-electron chi connectivity index (χ4n) is 3.11. The van der Waals surface area contributed by atoms with Gasteiger partial charge < -0.3 is 0 Å². The molecule has 1 saturated carbocycles. The molecule has 2 heterocycles. The van der Waals surface area contributed by atoms with Crippen molar-refractivity contribution in [3.63, 3.8) is 0 Å². The lowest BCUT2D eigenvalue weighted by Crippen LogP contribution is -2.30. The van der Waals surface area contributed by atoms with Gasteiger partial charge in [-0.1, -0.05) is 0 Å². The van der Waals surface area contributed by atoms with E-state index >= 15 is 0 Å². The highest BCUT2D eigenvalue weighted by Crippen LogP contribution is 2.33. The highest BCUT2D eigenvalue weighted by Gasteiger charge is 2.33. The van der Waals surface area contributed by atoms with Crippen LogP contribution in [0.25, 0.3) is 0 Å². The monoisotopic (exact) mass is 330 g/mol. The number of carbonyl (C=O) groups excluding carboxylic acids is 1. The number of thiazole rings is 1. The van der Waals surface area contributed by atoms with Gasteiger partial charge in [0, 0.05) is 23.9 Å². The first kappa shape index (κ1) is 14.6. The zero-order chi connectivity index (χ0) is 16.0. The molecule has 4 rings (SSSR count). The molecule has 7 heteroatoms. The first-order chi connectivity index (χ1) is 11.1. The smallest absolute Gasteiger partial charge is 0.257 e. The van der Waals surface area contributed by atoms with E-state index in [9.17, 15) is 9.59 Å². The minimum absolute atomic E-state index is 0.0322. The van der Waals surface area contributed by atoms with E-state index in [0.29, 0.717) is 12.6 Å². The zero-order valence-corrected chi connectivity index (χ0v) is 13.8. The average Bonchev–Trinajstić information content (AvgIpc) is 3.04. The van der Waals surface area contributed by atoms with Gasteiger partial charge in [0.25, 0.3) is 5.56 Å². The lowest BCUT2D eigenvalue weighted by atomic mass is 10.2. The summed E-state index contributed by atoms with van der Waals surface area (Å²) < 4.78 is 1.62. The summed E-state index contributed by atoms with van der Waals surface area (Å²) in [5, 5.41) is 2.66. The Kier molecular flexibility index (Phi) is 3.52. The molecule has 120 valence electrons. The van der Waals surface area contributed by atoms with Gasteiger partial charge in [0.05, 0.1) is 24.3 Å². The topological polar surface area (TPSA) is 68.1 Å². The van der Waals surface area contributed by atoms with Crippen molar-refractivity contribution in [1.29, 1.82) is 0 Å². The first-order valence-corrected chi connectivity index (χ1v) is 8.83. The number of amides is 1.